The number of hydrogen-bond acceptors (Lipinski definition) is 4. The Morgan fingerprint density at radius 3 is 2.58 bits per heavy atom. The fourth-order valence-corrected chi connectivity index (χ4v) is 4.86. The van der Waals surface area contributed by atoms with E-state index in [0.717, 1.165) is 25.2 Å². The van der Waals surface area contributed by atoms with Gasteiger partial charge in [0.2, 0.25) is 0 Å². The van der Waals surface area contributed by atoms with Gasteiger partial charge in [-0.1, -0.05) is 29.3 Å². The molecule has 2 saturated heterocycles. The van der Waals surface area contributed by atoms with E-state index in [1.54, 1.807) is 16.6 Å². The van der Waals surface area contributed by atoms with Crippen molar-refractivity contribution in [1.29, 1.82) is 0 Å². The van der Waals surface area contributed by atoms with Crippen molar-refractivity contribution in [2.45, 2.75) is 31.7 Å². The fourth-order valence-electron chi connectivity index (χ4n) is 4.35. The second-order valence-electron chi connectivity index (χ2n) is 7.00. The van der Waals surface area contributed by atoms with E-state index in [0.29, 0.717) is 28.3 Å². The van der Waals surface area contributed by atoms with Crippen LogP contribution in [0, 0.1) is 11.7 Å². The van der Waals surface area contributed by atoms with Crippen LogP contribution in [0.3, 0.4) is 0 Å². The van der Waals surface area contributed by atoms with Crippen molar-refractivity contribution in [3.05, 3.63) is 40.5 Å². The first-order chi connectivity index (χ1) is 12.6. The molecule has 5 nitrogen and oxygen atoms in total. The average Bonchev–Trinajstić information content (AvgIpc) is 3.10. The minimum absolute atomic E-state index is 0.189. The SMILES string of the molecule is Fc1cccc(Cl)c1-c1c(Cl)nc2ncnn2c1N1CC2CCC1CC2. The van der Waals surface area contributed by atoms with Crippen LogP contribution in [-0.4, -0.2) is 32.2 Å². The first kappa shape index (κ1) is 16.3. The second-order valence-corrected chi connectivity index (χ2v) is 7.76. The van der Waals surface area contributed by atoms with Crippen LogP contribution in [0.5, 0.6) is 0 Å². The molecule has 1 aliphatic carbocycles. The van der Waals surface area contributed by atoms with Crippen molar-refractivity contribution >= 4 is 34.8 Å². The summed E-state index contributed by atoms with van der Waals surface area (Å²) in [6, 6.07) is 5.01. The van der Waals surface area contributed by atoms with Gasteiger partial charge < -0.3 is 4.90 Å². The molecule has 4 heterocycles. The number of anilines is 1. The number of fused-ring (bicyclic) bond motifs is 4. The van der Waals surface area contributed by atoms with E-state index >= 15 is 0 Å². The normalized spacial score (nSPS) is 22.3. The van der Waals surface area contributed by atoms with Crippen LogP contribution in [0.15, 0.2) is 24.5 Å². The lowest BCUT2D eigenvalue weighted by molar-refractivity contribution is 0.250. The quantitative estimate of drug-likeness (QED) is 0.598. The van der Waals surface area contributed by atoms with Gasteiger partial charge in [-0.2, -0.15) is 19.6 Å². The summed E-state index contributed by atoms with van der Waals surface area (Å²) in [6.07, 6.45) is 6.14. The van der Waals surface area contributed by atoms with Gasteiger partial charge in [0.1, 0.15) is 23.1 Å². The van der Waals surface area contributed by atoms with Gasteiger partial charge in [0, 0.05) is 18.2 Å². The summed E-state index contributed by atoms with van der Waals surface area (Å²) in [5.41, 5.74) is 0.751. The van der Waals surface area contributed by atoms with Crippen LogP contribution in [0.25, 0.3) is 16.9 Å². The molecule has 0 radical (unpaired) electrons. The molecular weight excluding hydrogens is 376 g/mol. The number of halogens is 3. The number of benzene rings is 1. The van der Waals surface area contributed by atoms with E-state index in [9.17, 15) is 4.39 Å². The van der Waals surface area contributed by atoms with Crippen molar-refractivity contribution in [3.8, 4) is 11.1 Å². The number of nitrogens with zero attached hydrogens (tertiary/aromatic N) is 5. The van der Waals surface area contributed by atoms with Crippen LogP contribution >= 0.6 is 23.2 Å². The summed E-state index contributed by atoms with van der Waals surface area (Å²) < 4.78 is 16.4. The van der Waals surface area contributed by atoms with Gasteiger partial charge in [-0.3, -0.25) is 0 Å². The summed E-state index contributed by atoms with van der Waals surface area (Å²) in [6.45, 7) is 0.902. The first-order valence-corrected chi connectivity index (χ1v) is 9.49. The van der Waals surface area contributed by atoms with Crippen LogP contribution in [0.4, 0.5) is 10.2 Å². The van der Waals surface area contributed by atoms with Crippen molar-refractivity contribution in [1.82, 2.24) is 19.6 Å². The zero-order valence-electron chi connectivity index (χ0n) is 13.9. The summed E-state index contributed by atoms with van der Waals surface area (Å²) in [5.74, 6) is 1.35. The number of hydrogen-bond donors (Lipinski definition) is 0. The topological polar surface area (TPSA) is 46.3 Å². The molecule has 2 aromatic heterocycles. The highest BCUT2D eigenvalue weighted by Crippen LogP contribution is 2.45. The molecule has 3 aromatic rings. The lowest BCUT2D eigenvalue weighted by atomic mass is 9.80. The van der Waals surface area contributed by atoms with Gasteiger partial charge in [0.05, 0.1) is 10.6 Å². The smallest absolute Gasteiger partial charge is 0.255 e. The maximum atomic E-state index is 14.7. The largest absolute Gasteiger partial charge is 0.353 e. The highest BCUT2D eigenvalue weighted by Gasteiger charge is 2.37. The van der Waals surface area contributed by atoms with Crippen LogP contribution < -0.4 is 4.90 Å². The molecule has 26 heavy (non-hydrogen) atoms. The van der Waals surface area contributed by atoms with Gasteiger partial charge in [-0.25, -0.2) is 4.39 Å². The molecule has 0 spiro atoms. The Hall–Kier alpha value is -1.92. The van der Waals surface area contributed by atoms with Crippen LogP contribution in [-0.2, 0) is 0 Å². The molecule has 8 heteroatoms. The van der Waals surface area contributed by atoms with E-state index in [4.69, 9.17) is 23.2 Å². The lowest BCUT2D eigenvalue weighted by Gasteiger charge is -2.47. The molecule has 2 aliphatic heterocycles. The van der Waals surface area contributed by atoms with E-state index in [1.165, 1.54) is 25.2 Å². The Bertz CT molecular complexity index is 976. The summed E-state index contributed by atoms with van der Waals surface area (Å²) in [7, 11) is 0. The molecular formula is C18H16Cl2FN5. The second kappa shape index (κ2) is 6.06. The third-order valence-electron chi connectivity index (χ3n) is 5.56. The van der Waals surface area contributed by atoms with Crippen LogP contribution in [0.1, 0.15) is 25.7 Å². The third-order valence-corrected chi connectivity index (χ3v) is 6.14. The van der Waals surface area contributed by atoms with E-state index in [2.05, 4.69) is 20.0 Å². The highest BCUT2D eigenvalue weighted by atomic mass is 35.5. The molecule has 3 fully saturated rings. The van der Waals surface area contributed by atoms with Gasteiger partial charge in [0.25, 0.3) is 5.78 Å². The van der Waals surface area contributed by atoms with Gasteiger partial charge in [-0.05, 0) is 43.7 Å². The predicted molar refractivity (Wildman–Crippen MR) is 99.3 cm³/mol. The zero-order chi connectivity index (χ0) is 17.8. The maximum Gasteiger partial charge on any atom is 0.255 e. The van der Waals surface area contributed by atoms with Gasteiger partial charge in [0.15, 0.2) is 0 Å². The van der Waals surface area contributed by atoms with E-state index in [1.807, 2.05) is 0 Å². The van der Waals surface area contributed by atoms with Crippen molar-refractivity contribution < 1.29 is 4.39 Å². The maximum absolute atomic E-state index is 14.7. The number of rotatable bonds is 2. The lowest BCUT2D eigenvalue weighted by Crippen LogP contribution is -2.49. The first-order valence-electron chi connectivity index (χ1n) is 8.73. The molecule has 0 N–H and O–H groups in total. The fraction of sp³-hybridized carbons (Fsp3) is 0.389. The molecule has 3 aliphatic rings. The molecule has 0 atom stereocenters. The van der Waals surface area contributed by atoms with Crippen molar-refractivity contribution in [3.63, 3.8) is 0 Å². The van der Waals surface area contributed by atoms with E-state index < -0.39 is 5.82 Å². The molecule has 1 saturated carbocycles. The van der Waals surface area contributed by atoms with Gasteiger partial charge in [-0.15, -0.1) is 0 Å². The molecule has 2 bridgehead atoms. The molecule has 6 rings (SSSR count). The minimum Gasteiger partial charge on any atom is -0.353 e. The van der Waals surface area contributed by atoms with Crippen LogP contribution in [0.2, 0.25) is 10.2 Å². The Morgan fingerprint density at radius 2 is 1.88 bits per heavy atom. The Kier molecular flexibility index (Phi) is 3.79. The zero-order valence-corrected chi connectivity index (χ0v) is 15.4. The Morgan fingerprint density at radius 1 is 1.08 bits per heavy atom. The Labute approximate surface area is 159 Å². The summed E-state index contributed by atoms with van der Waals surface area (Å²) in [5, 5.41) is 4.83. The van der Waals surface area contributed by atoms with E-state index in [-0.39, 0.29) is 10.7 Å². The monoisotopic (exact) mass is 391 g/mol. The van der Waals surface area contributed by atoms with Crippen molar-refractivity contribution in [2.75, 3.05) is 11.4 Å². The molecule has 134 valence electrons. The van der Waals surface area contributed by atoms with Gasteiger partial charge >= 0.3 is 0 Å². The summed E-state index contributed by atoms with van der Waals surface area (Å²) in [4.78, 5) is 10.8. The minimum atomic E-state index is -0.427. The Balaban J connectivity index is 1.82. The predicted octanol–water partition coefficient (Wildman–Crippen LogP) is 4.62. The summed E-state index contributed by atoms with van der Waals surface area (Å²) >= 11 is 12.9. The number of aromatic nitrogens is 4. The molecule has 1 aromatic carbocycles. The molecule has 0 amide bonds. The average molecular weight is 392 g/mol. The third kappa shape index (κ3) is 2.39. The standard InChI is InChI=1S/C18H16Cl2FN5/c19-12-2-1-3-13(21)14(12)15-16(20)24-18-22-9-23-26(18)17(15)25-8-10-4-6-11(25)7-5-10/h1-3,9-11H,4-8H2. The highest BCUT2D eigenvalue weighted by molar-refractivity contribution is 6.36. The number of piperidine rings is 2. The van der Waals surface area contributed by atoms with Crippen molar-refractivity contribution in [2.24, 2.45) is 5.92 Å². The molecule has 0 unspecified atom stereocenters.